The number of amides is 2. The van der Waals surface area contributed by atoms with E-state index in [2.05, 4.69) is 11.4 Å². The van der Waals surface area contributed by atoms with Gasteiger partial charge >= 0.3 is 0 Å². The molecule has 4 rings (SSSR count). The van der Waals surface area contributed by atoms with E-state index in [1.54, 1.807) is 41.5 Å². The van der Waals surface area contributed by atoms with Gasteiger partial charge in [-0.2, -0.15) is 0 Å². The van der Waals surface area contributed by atoms with Crippen LogP contribution in [0.4, 0.5) is 0 Å². The van der Waals surface area contributed by atoms with Crippen molar-refractivity contribution in [3.8, 4) is 11.5 Å². The van der Waals surface area contributed by atoms with E-state index in [-0.39, 0.29) is 24.4 Å². The van der Waals surface area contributed by atoms with Crippen LogP contribution in [0.3, 0.4) is 0 Å². The monoisotopic (exact) mass is 556 g/mol. The molecule has 1 unspecified atom stereocenters. The van der Waals surface area contributed by atoms with Gasteiger partial charge in [-0.05, 0) is 66.6 Å². The molecule has 1 aliphatic heterocycles. The predicted octanol–water partition coefficient (Wildman–Crippen LogP) is 5.46. The summed E-state index contributed by atoms with van der Waals surface area (Å²) in [6.45, 7) is 3.93. The van der Waals surface area contributed by atoms with Crippen molar-refractivity contribution in [2.24, 2.45) is 0 Å². The second-order valence-electron chi connectivity index (χ2n) is 8.93. The van der Waals surface area contributed by atoms with Gasteiger partial charge in [0.15, 0.2) is 0 Å². The Kier molecular flexibility index (Phi) is 9.66. The van der Waals surface area contributed by atoms with Crippen molar-refractivity contribution in [1.82, 2.24) is 9.80 Å². The minimum absolute atomic E-state index is 0.0519. The summed E-state index contributed by atoms with van der Waals surface area (Å²) >= 11 is 7.87. The fourth-order valence-electron chi connectivity index (χ4n) is 4.74. The molecule has 0 saturated heterocycles. The number of fused-ring (bicyclic) bond motifs is 1. The van der Waals surface area contributed by atoms with Crippen LogP contribution in [0, 0.1) is 0 Å². The number of carbonyl (C=O) groups is 2. The van der Waals surface area contributed by atoms with Crippen LogP contribution in [0.5, 0.6) is 11.5 Å². The maximum atomic E-state index is 13.9. The van der Waals surface area contributed by atoms with Gasteiger partial charge in [0.1, 0.15) is 18.0 Å². The molecular formula is C29H33ClN2O5S. The highest BCUT2D eigenvalue weighted by Gasteiger charge is 2.34. The van der Waals surface area contributed by atoms with Crippen molar-refractivity contribution in [1.29, 1.82) is 0 Å². The van der Waals surface area contributed by atoms with E-state index < -0.39 is 0 Å². The second kappa shape index (κ2) is 13.1. The van der Waals surface area contributed by atoms with Crippen molar-refractivity contribution >= 4 is 34.8 Å². The van der Waals surface area contributed by atoms with E-state index in [1.165, 1.54) is 12.0 Å². The zero-order valence-electron chi connectivity index (χ0n) is 21.9. The van der Waals surface area contributed by atoms with Gasteiger partial charge in [0.25, 0.3) is 5.91 Å². The summed E-state index contributed by atoms with van der Waals surface area (Å²) in [6, 6.07) is 14.5. The molecule has 2 heterocycles. The van der Waals surface area contributed by atoms with Crippen LogP contribution in [0.25, 0.3) is 0 Å². The Hall–Kier alpha value is -3.07. The van der Waals surface area contributed by atoms with Gasteiger partial charge in [-0.1, -0.05) is 23.7 Å². The average Bonchev–Trinajstić information content (AvgIpc) is 3.43. The van der Waals surface area contributed by atoms with Gasteiger partial charge in [0.2, 0.25) is 5.91 Å². The van der Waals surface area contributed by atoms with Crippen LogP contribution >= 0.6 is 22.9 Å². The van der Waals surface area contributed by atoms with Crippen LogP contribution in [0.15, 0.2) is 53.9 Å². The highest BCUT2D eigenvalue weighted by molar-refractivity contribution is 7.10. The molecule has 0 bridgehead atoms. The molecule has 0 radical (unpaired) electrons. The SMILES string of the molecule is CCOCCCN(CC(=O)N1CCc2sccc2C1c1ccc(Cl)cc1)C(=O)c1ccc(OC)cc1OC. The van der Waals surface area contributed by atoms with Crippen LogP contribution in [-0.4, -0.2) is 68.7 Å². The number of nitrogens with zero attached hydrogens (tertiary/aromatic N) is 2. The molecule has 3 aromatic rings. The van der Waals surface area contributed by atoms with E-state index in [0.29, 0.717) is 54.8 Å². The lowest BCUT2D eigenvalue weighted by atomic mass is 9.93. The van der Waals surface area contributed by atoms with Gasteiger partial charge in [0.05, 0.1) is 25.8 Å². The first-order valence-corrected chi connectivity index (χ1v) is 13.9. The molecule has 9 heteroatoms. The van der Waals surface area contributed by atoms with E-state index in [1.807, 2.05) is 36.1 Å². The van der Waals surface area contributed by atoms with Crippen LogP contribution < -0.4 is 9.47 Å². The molecule has 0 fully saturated rings. The van der Waals surface area contributed by atoms with Gasteiger partial charge < -0.3 is 24.0 Å². The predicted molar refractivity (Wildman–Crippen MR) is 150 cm³/mol. The lowest BCUT2D eigenvalue weighted by molar-refractivity contribution is -0.134. The van der Waals surface area contributed by atoms with E-state index in [4.69, 9.17) is 25.8 Å². The zero-order valence-corrected chi connectivity index (χ0v) is 23.5. The Balaban J connectivity index is 1.61. The fourth-order valence-corrected chi connectivity index (χ4v) is 5.77. The maximum absolute atomic E-state index is 13.9. The molecule has 0 saturated carbocycles. The van der Waals surface area contributed by atoms with Gasteiger partial charge in [-0.15, -0.1) is 11.3 Å². The van der Waals surface area contributed by atoms with E-state index >= 15 is 0 Å². The maximum Gasteiger partial charge on any atom is 0.258 e. The molecule has 2 aromatic carbocycles. The lowest BCUT2D eigenvalue weighted by Gasteiger charge is -2.37. The third-order valence-electron chi connectivity index (χ3n) is 6.65. The molecule has 1 atom stereocenters. The molecule has 38 heavy (non-hydrogen) atoms. The average molecular weight is 557 g/mol. The summed E-state index contributed by atoms with van der Waals surface area (Å²) in [6.07, 6.45) is 1.40. The summed E-state index contributed by atoms with van der Waals surface area (Å²) in [5.41, 5.74) is 2.50. The molecule has 0 N–H and O–H groups in total. The molecular weight excluding hydrogens is 524 g/mol. The van der Waals surface area contributed by atoms with Crippen molar-refractivity contribution in [3.63, 3.8) is 0 Å². The molecule has 0 aliphatic carbocycles. The summed E-state index contributed by atoms with van der Waals surface area (Å²) in [5.74, 6) is 0.601. The van der Waals surface area contributed by atoms with E-state index in [0.717, 1.165) is 17.5 Å². The second-order valence-corrected chi connectivity index (χ2v) is 10.4. The van der Waals surface area contributed by atoms with Crippen molar-refractivity contribution in [3.05, 3.63) is 80.5 Å². The smallest absolute Gasteiger partial charge is 0.258 e. The Morgan fingerprint density at radius 3 is 2.61 bits per heavy atom. The van der Waals surface area contributed by atoms with Crippen LogP contribution in [-0.2, 0) is 16.0 Å². The minimum Gasteiger partial charge on any atom is -0.497 e. The Bertz CT molecular complexity index is 1250. The summed E-state index contributed by atoms with van der Waals surface area (Å²) in [5, 5.41) is 2.72. The Morgan fingerprint density at radius 2 is 1.89 bits per heavy atom. The summed E-state index contributed by atoms with van der Waals surface area (Å²) < 4.78 is 16.3. The van der Waals surface area contributed by atoms with Crippen molar-refractivity contribution in [2.45, 2.75) is 25.8 Å². The molecule has 0 spiro atoms. The number of hydrogen-bond acceptors (Lipinski definition) is 6. The largest absolute Gasteiger partial charge is 0.497 e. The highest BCUT2D eigenvalue weighted by atomic mass is 35.5. The first-order valence-electron chi connectivity index (χ1n) is 12.7. The standard InChI is InChI=1S/C29H33ClN2O5S/c1-4-37-16-5-14-31(29(34)23-11-10-22(35-2)18-25(23)36-3)19-27(33)32-15-12-26-24(13-17-38-26)28(32)20-6-8-21(30)9-7-20/h6-11,13,17-18,28H,4-5,12,14-16,19H2,1-3H3. The van der Waals surface area contributed by atoms with Crippen LogP contribution in [0.2, 0.25) is 5.02 Å². The van der Waals surface area contributed by atoms with Crippen molar-refractivity contribution in [2.75, 3.05) is 47.1 Å². The Labute approximate surface area is 232 Å². The first-order chi connectivity index (χ1) is 18.5. The summed E-state index contributed by atoms with van der Waals surface area (Å²) in [7, 11) is 3.07. The molecule has 2 amide bonds. The number of benzene rings is 2. The third-order valence-corrected chi connectivity index (χ3v) is 7.89. The number of thiophene rings is 1. The number of carbonyl (C=O) groups excluding carboxylic acids is 2. The first kappa shape index (κ1) is 28.0. The summed E-state index contributed by atoms with van der Waals surface area (Å²) in [4.78, 5) is 32.4. The lowest BCUT2D eigenvalue weighted by Crippen LogP contribution is -2.47. The van der Waals surface area contributed by atoms with E-state index in [9.17, 15) is 9.59 Å². The van der Waals surface area contributed by atoms with Gasteiger partial charge in [0, 0.05) is 42.3 Å². The quantitative estimate of drug-likeness (QED) is 0.293. The normalized spacial score (nSPS) is 14.6. The van der Waals surface area contributed by atoms with Crippen molar-refractivity contribution < 1.29 is 23.8 Å². The van der Waals surface area contributed by atoms with Crippen LogP contribution in [0.1, 0.15) is 45.7 Å². The van der Waals surface area contributed by atoms with Gasteiger partial charge in [-0.3, -0.25) is 9.59 Å². The number of ether oxygens (including phenoxy) is 3. The van der Waals surface area contributed by atoms with Gasteiger partial charge in [-0.25, -0.2) is 0 Å². The topological polar surface area (TPSA) is 68.3 Å². The molecule has 202 valence electrons. The Morgan fingerprint density at radius 1 is 1.11 bits per heavy atom. The fraction of sp³-hybridized carbons (Fsp3) is 0.379. The molecule has 1 aromatic heterocycles. The number of halogens is 1. The molecule has 1 aliphatic rings. The zero-order chi connectivity index (χ0) is 27.1. The molecule has 7 nitrogen and oxygen atoms in total. The minimum atomic E-state index is -0.273. The number of rotatable bonds is 11. The number of methoxy groups -OCH3 is 2. The number of hydrogen-bond donors (Lipinski definition) is 0. The third kappa shape index (κ3) is 6.31. The highest BCUT2D eigenvalue weighted by Crippen LogP contribution is 2.38.